The number of halogens is 2. The average Bonchev–Trinajstić information content (AvgIpc) is 2.76. The van der Waals surface area contributed by atoms with Crippen molar-refractivity contribution in [1.29, 1.82) is 0 Å². The lowest BCUT2D eigenvalue weighted by Gasteiger charge is -2.32. The van der Waals surface area contributed by atoms with Crippen LogP contribution in [0.15, 0.2) is 18.2 Å². The number of hydrogen-bond donors (Lipinski definition) is 1. The minimum Gasteiger partial charge on any atom is -0.314 e. The first-order valence-electron chi connectivity index (χ1n) is 6.72. The Kier molecular flexibility index (Phi) is 4.29. The van der Waals surface area contributed by atoms with Crippen molar-refractivity contribution in [1.82, 2.24) is 5.32 Å². The van der Waals surface area contributed by atoms with Crippen LogP contribution in [-0.2, 0) is 5.41 Å². The molecule has 0 aromatic heterocycles. The third kappa shape index (κ3) is 2.86. The van der Waals surface area contributed by atoms with E-state index in [9.17, 15) is 4.39 Å². The molecule has 1 N–H and O–H groups in total. The van der Waals surface area contributed by atoms with Gasteiger partial charge < -0.3 is 5.32 Å². The SMILES string of the molecule is CC(C)NCC1(c2ccc(F)cc2Cl)CCCC1. The molecule has 1 fully saturated rings. The highest BCUT2D eigenvalue weighted by Gasteiger charge is 2.36. The fourth-order valence-corrected chi connectivity index (χ4v) is 3.28. The molecule has 0 radical (unpaired) electrons. The normalized spacial score (nSPS) is 18.5. The third-order valence-electron chi connectivity index (χ3n) is 3.91. The van der Waals surface area contributed by atoms with Crippen molar-refractivity contribution in [3.05, 3.63) is 34.6 Å². The molecule has 0 bridgehead atoms. The predicted octanol–water partition coefficient (Wildman–Crippen LogP) is 4.29. The van der Waals surface area contributed by atoms with Gasteiger partial charge in [0, 0.05) is 23.0 Å². The summed E-state index contributed by atoms with van der Waals surface area (Å²) in [5, 5.41) is 4.09. The van der Waals surface area contributed by atoms with Crippen LogP contribution in [0.2, 0.25) is 5.02 Å². The Morgan fingerprint density at radius 1 is 1.33 bits per heavy atom. The summed E-state index contributed by atoms with van der Waals surface area (Å²) < 4.78 is 13.2. The van der Waals surface area contributed by atoms with E-state index in [2.05, 4.69) is 19.2 Å². The molecule has 1 aromatic rings. The lowest BCUT2D eigenvalue weighted by atomic mass is 9.78. The van der Waals surface area contributed by atoms with E-state index in [1.807, 2.05) is 6.07 Å². The first kappa shape index (κ1) is 13.8. The monoisotopic (exact) mass is 269 g/mol. The number of nitrogens with one attached hydrogen (secondary N) is 1. The third-order valence-corrected chi connectivity index (χ3v) is 4.22. The second kappa shape index (κ2) is 5.58. The van der Waals surface area contributed by atoms with Crippen LogP contribution in [0.1, 0.15) is 45.1 Å². The van der Waals surface area contributed by atoms with Gasteiger partial charge in [0.25, 0.3) is 0 Å². The molecule has 2 rings (SSSR count). The van der Waals surface area contributed by atoms with Crippen molar-refractivity contribution in [2.75, 3.05) is 6.54 Å². The zero-order valence-corrected chi connectivity index (χ0v) is 11.9. The van der Waals surface area contributed by atoms with Gasteiger partial charge in [-0.05, 0) is 30.5 Å². The summed E-state index contributed by atoms with van der Waals surface area (Å²) in [4.78, 5) is 0. The Morgan fingerprint density at radius 3 is 2.56 bits per heavy atom. The van der Waals surface area contributed by atoms with Gasteiger partial charge in [-0.1, -0.05) is 44.4 Å². The molecule has 1 nitrogen and oxygen atoms in total. The van der Waals surface area contributed by atoms with Gasteiger partial charge in [-0.2, -0.15) is 0 Å². The largest absolute Gasteiger partial charge is 0.314 e. The van der Waals surface area contributed by atoms with Crippen LogP contribution >= 0.6 is 11.6 Å². The molecule has 100 valence electrons. The summed E-state index contributed by atoms with van der Waals surface area (Å²) in [6, 6.07) is 5.29. The van der Waals surface area contributed by atoms with E-state index in [1.165, 1.54) is 25.0 Å². The quantitative estimate of drug-likeness (QED) is 0.860. The van der Waals surface area contributed by atoms with Crippen molar-refractivity contribution >= 4 is 11.6 Å². The molecule has 0 atom stereocenters. The van der Waals surface area contributed by atoms with Crippen LogP contribution < -0.4 is 5.32 Å². The first-order valence-corrected chi connectivity index (χ1v) is 7.10. The predicted molar refractivity (Wildman–Crippen MR) is 74.7 cm³/mol. The zero-order valence-electron chi connectivity index (χ0n) is 11.1. The lowest BCUT2D eigenvalue weighted by Crippen LogP contribution is -2.39. The molecule has 0 amide bonds. The van der Waals surface area contributed by atoms with Crippen LogP contribution in [0.5, 0.6) is 0 Å². The zero-order chi connectivity index (χ0) is 13.2. The van der Waals surface area contributed by atoms with Crippen molar-refractivity contribution < 1.29 is 4.39 Å². The molecule has 1 aromatic carbocycles. The van der Waals surface area contributed by atoms with E-state index in [-0.39, 0.29) is 11.2 Å². The van der Waals surface area contributed by atoms with E-state index < -0.39 is 0 Å². The number of rotatable bonds is 4. The average molecular weight is 270 g/mol. The summed E-state index contributed by atoms with van der Waals surface area (Å²) in [7, 11) is 0. The van der Waals surface area contributed by atoms with Crippen LogP contribution in [0.4, 0.5) is 4.39 Å². The maximum Gasteiger partial charge on any atom is 0.124 e. The Morgan fingerprint density at radius 2 is 2.00 bits per heavy atom. The topological polar surface area (TPSA) is 12.0 Å². The summed E-state index contributed by atoms with van der Waals surface area (Å²) in [5.41, 5.74) is 1.20. The van der Waals surface area contributed by atoms with Crippen molar-refractivity contribution in [3.8, 4) is 0 Å². The summed E-state index contributed by atoms with van der Waals surface area (Å²) in [5.74, 6) is -0.256. The maximum atomic E-state index is 13.2. The smallest absolute Gasteiger partial charge is 0.124 e. The van der Waals surface area contributed by atoms with Gasteiger partial charge in [-0.3, -0.25) is 0 Å². The van der Waals surface area contributed by atoms with Crippen LogP contribution in [0, 0.1) is 5.82 Å². The molecule has 0 spiro atoms. The van der Waals surface area contributed by atoms with E-state index >= 15 is 0 Å². The molecular formula is C15H21ClFN. The molecule has 0 saturated heterocycles. The second-order valence-electron chi connectivity index (χ2n) is 5.65. The van der Waals surface area contributed by atoms with Crippen LogP contribution in [0.3, 0.4) is 0 Å². The van der Waals surface area contributed by atoms with Gasteiger partial charge >= 0.3 is 0 Å². The first-order chi connectivity index (χ1) is 8.53. The lowest BCUT2D eigenvalue weighted by molar-refractivity contribution is 0.387. The van der Waals surface area contributed by atoms with Gasteiger partial charge in [0.05, 0.1) is 0 Å². The van der Waals surface area contributed by atoms with E-state index in [1.54, 1.807) is 0 Å². The molecule has 3 heteroatoms. The Labute approximate surface area is 114 Å². The van der Waals surface area contributed by atoms with E-state index in [4.69, 9.17) is 11.6 Å². The van der Waals surface area contributed by atoms with Crippen molar-refractivity contribution in [3.63, 3.8) is 0 Å². The summed E-state index contributed by atoms with van der Waals surface area (Å²) in [6.45, 7) is 5.22. The number of hydrogen-bond acceptors (Lipinski definition) is 1. The summed E-state index contributed by atoms with van der Waals surface area (Å²) >= 11 is 6.25. The minimum atomic E-state index is -0.256. The molecule has 1 aliphatic carbocycles. The fraction of sp³-hybridized carbons (Fsp3) is 0.600. The summed E-state index contributed by atoms with van der Waals surface area (Å²) in [6.07, 6.45) is 4.73. The molecule has 18 heavy (non-hydrogen) atoms. The maximum absolute atomic E-state index is 13.2. The highest BCUT2D eigenvalue weighted by Crippen LogP contribution is 2.43. The Bertz CT molecular complexity index is 411. The van der Waals surface area contributed by atoms with Gasteiger partial charge in [-0.25, -0.2) is 4.39 Å². The van der Waals surface area contributed by atoms with E-state index in [0.717, 1.165) is 24.9 Å². The highest BCUT2D eigenvalue weighted by atomic mass is 35.5. The standard InChI is InChI=1S/C15H21ClFN/c1-11(2)18-10-15(7-3-4-8-15)13-6-5-12(17)9-14(13)16/h5-6,9,11,18H,3-4,7-8,10H2,1-2H3. The van der Waals surface area contributed by atoms with Crippen molar-refractivity contribution in [2.45, 2.75) is 51.0 Å². The molecule has 1 saturated carbocycles. The van der Waals surface area contributed by atoms with Gasteiger partial charge in [0.1, 0.15) is 5.82 Å². The van der Waals surface area contributed by atoms with Gasteiger partial charge in [0.2, 0.25) is 0 Å². The van der Waals surface area contributed by atoms with Gasteiger partial charge in [0.15, 0.2) is 0 Å². The van der Waals surface area contributed by atoms with Gasteiger partial charge in [-0.15, -0.1) is 0 Å². The van der Waals surface area contributed by atoms with Crippen LogP contribution in [0.25, 0.3) is 0 Å². The molecule has 0 aliphatic heterocycles. The highest BCUT2D eigenvalue weighted by molar-refractivity contribution is 6.31. The number of benzene rings is 1. The second-order valence-corrected chi connectivity index (χ2v) is 6.05. The molecule has 0 heterocycles. The molecule has 1 aliphatic rings. The van der Waals surface area contributed by atoms with E-state index in [0.29, 0.717) is 11.1 Å². The van der Waals surface area contributed by atoms with Crippen LogP contribution in [-0.4, -0.2) is 12.6 Å². The fourth-order valence-electron chi connectivity index (χ4n) is 2.91. The molecule has 0 unspecified atom stereocenters. The van der Waals surface area contributed by atoms with Crippen molar-refractivity contribution in [2.24, 2.45) is 0 Å². The minimum absolute atomic E-state index is 0.0923. The molecular weight excluding hydrogens is 249 g/mol. The Hall–Kier alpha value is -0.600. The Balaban J connectivity index is 2.28.